The molecule has 2 atom stereocenters. The standard InChI is InChI=1S/C15H22N2OS/c1-3-9-16-10-8-13-6-7-15(18)17(13)12(2)14-5-4-11-19-14/h3-5,11-13,16H,1,6-10H2,2H3/t12-,13+/m0/s1. The second-order valence-corrected chi connectivity index (χ2v) is 5.95. The van der Waals surface area contributed by atoms with Gasteiger partial charge in [0.1, 0.15) is 0 Å². The Balaban J connectivity index is 1.95. The predicted molar refractivity (Wildman–Crippen MR) is 80.3 cm³/mol. The first-order valence-corrected chi connectivity index (χ1v) is 7.78. The number of carbonyl (C=O) groups excluding carboxylic acids is 1. The van der Waals surface area contributed by atoms with E-state index in [9.17, 15) is 4.79 Å². The van der Waals surface area contributed by atoms with Crippen molar-refractivity contribution in [2.75, 3.05) is 13.1 Å². The monoisotopic (exact) mass is 278 g/mol. The summed E-state index contributed by atoms with van der Waals surface area (Å²) >= 11 is 1.73. The van der Waals surface area contributed by atoms with E-state index in [0.29, 0.717) is 18.4 Å². The highest BCUT2D eigenvalue weighted by Crippen LogP contribution is 2.33. The molecule has 1 saturated heterocycles. The van der Waals surface area contributed by atoms with E-state index in [0.717, 1.165) is 25.9 Å². The number of nitrogens with one attached hydrogen (secondary N) is 1. The predicted octanol–water partition coefficient (Wildman–Crippen LogP) is 2.97. The SMILES string of the molecule is C=CCNCC[C@H]1CCC(=O)N1[C@@H](C)c1cccs1. The maximum absolute atomic E-state index is 12.1. The molecule has 1 N–H and O–H groups in total. The highest BCUT2D eigenvalue weighted by Gasteiger charge is 2.34. The van der Waals surface area contributed by atoms with Gasteiger partial charge in [-0.05, 0) is 37.8 Å². The molecule has 104 valence electrons. The summed E-state index contributed by atoms with van der Waals surface area (Å²) in [5.41, 5.74) is 0. The van der Waals surface area contributed by atoms with Crippen molar-refractivity contribution in [2.24, 2.45) is 0 Å². The van der Waals surface area contributed by atoms with Gasteiger partial charge in [0.25, 0.3) is 0 Å². The van der Waals surface area contributed by atoms with Gasteiger partial charge in [0.2, 0.25) is 5.91 Å². The minimum Gasteiger partial charge on any atom is -0.332 e. The van der Waals surface area contributed by atoms with Crippen molar-refractivity contribution in [1.29, 1.82) is 0 Å². The molecule has 1 aliphatic heterocycles. The minimum atomic E-state index is 0.208. The van der Waals surface area contributed by atoms with Crippen LogP contribution in [0.1, 0.15) is 37.1 Å². The van der Waals surface area contributed by atoms with Crippen LogP contribution in [0, 0.1) is 0 Å². The molecule has 0 radical (unpaired) electrons. The average molecular weight is 278 g/mol. The summed E-state index contributed by atoms with van der Waals surface area (Å²) in [6.45, 7) is 7.61. The molecule has 0 saturated carbocycles. The minimum absolute atomic E-state index is 0.208. The lowest BCUT2D eigenvalue weighted by atomic mass is 10.1. The lowest BCUT2D eigenvalue weighted by Crippen LogP contribution is -2.37. The first-order valence-electron chi connectivity index (χ1n) is 6.90. The van der Waals surface area contributed by atoms with Crippen LogP contribution in [-0.4, -0.2) is 29.9 Å². The lowest BCUT2D eigenvalue weighted by Gasteiger charge is -2.30. The summed E-state index contributed by atoms with van der Waals surface area (Å²) in [7, 11) is 0. The Labute approximate surface area is 119 Å². The summed E-state index contributed by atoms with van der Waals surface area (Å²) in [5, 5.41) is 5.39. The molecule has 1 fully saturated rings. The Kier molecular flexibility index (Phi) is 5.16. The van der Waals surface area contributed by atoms with E-state index in [1.807, 2.05) is 6.08 Å². The van der Waals surface area contributed by atoms with E-state index in [-0.39, 0.29) is 6.04 Å². The highest BCUT2D eigenvalue weighted by atomic mass is 32.1. The third kappa shape index (κ3) is 3.45. The van der Waals surface area contributed by atoms with Gasteiger partial charge in [0, 0.05) is 23.9 Å². The zero-order chi connectivity index (χ0) is 13.7. The van der Waals surface area contributed by atoms with E-state index in [2.05, 4.69) is 41.2 Å². The van der Waals surface area contributed by atoms with Crippen LogP contribution in [0.3, 0.4) is 0 Å². The van der Waals surface area contributed by atoms with E-state index in [1.54, 1.807) is 11.3 Å². The number of thiophene rings is 1. The van der Waals surface area contributed by atoms with Crippen molar-refractivity contribution in [1.82, 2.24) is 10.2 Å². The summed E-state index contributed by atoms with van der Waals surface area (Å²) in [6.07, 6.45) is 4.58. The molecule has 0 bridgehead atoms. The van der Waals surface area contributed by atoms with Gasteiger partial charge in [-0.3, -0.25) is 4.79 Å². The van der Waals surface area contributed by atoms with Crippen molar-refractivity contribution in [2.45, 2.75) is 38.3 Å². The van der Waals surface area contributed by atoms with Gasteiger partial charge in [-0.1, -0.05) is 12.1 Å². The van der Waals surface area contributed by atoms with Crippen LogP contribution in [0.15, 0.2) is 30.2 Å². The number of hydrogen-bond acceptors (Lipinski definition) is 3. The molecule has 1 aromatic rings. The van der Waals surface area contributed by atoms with Gasteiger partial charge in [0.15, 0.2) is 0 Å². The zero-order valence-electron chi connectivity index (χ0n) is 11.5. The van der Waals surface area contributed by atoms with Crippen molar-refractivity contribution in [3.63, 3.8) is 0 Å². The molecule has 4 heteroatoms. The van der Waals surface area contributed by atoms with Crippen LogP contribution < -0.4 is 5.32 Å². The Morgan fingerprint density at radius 3 is 3.21 bits per heavy atom. The molecule has 0 spiro atoms. The number of amides is 1. The number of hydrogen-bond donors (Lipinski definition) is 1. The fourth-order valence-electron chi connectivity index (χ4n) is 2.72. The largest absolute Gasteiger partial charge is 0.332 e. The topological polar surface area (TPSA) is 32.3 Å². The summed E-state index contributed by atoms with van der Waals surface area (Å²) in [5.74, 6) is 0.301. The normalized spacial score (nSPS) is 20.8. The van der Waals surface area contributed by atoms with Crippen LogP contribution in [-0.2, 0) is 4.79 Å². The molecule has 1 aromatic heterocycles. The van der Waals surface area contributed by atoms with Crippen LogP contribution in [0.2, 0.25) is 0 Å². The molecule has 3 nitrogen and oxygen atoms in total. The number of nitrogens with zero attached hydrogens (tertiary/aromatic N) is 1. The van der Waals surface area contributed by atoms with E-state index < -0.39 is 0 Å². The number of likely N-dealkylation sites (tertiary alicyclic amines) is 1. The maximum atomic E-state index is 12.1. The molecular formula is C15H22N2OS. The second kappa shape index (κ2) is 6.87. The third-order valence-electron chi connectivity index (χ3n) is 3.69. The van der Waals surface area contributed by atoms with E-state index in [1.165, 1.54) is 4.88 Å². The summed E-state index contributed by atoms with van der Waals surface area (Å²) in [4.78, 5) is 15.5. The van der Waals surface area contributed by atoms with Crippen LogP contribution in [0.4, 0.5) is 0 Å². The Bertz CT molecular complexity index is 416. The first kappa shape index (κ1) is 14.3. The summed E-state index contributed by atoms with van der Waals surface area (Å²) < 4.78 is 0. The van der Waals surface area contributed by atoms with Crippen LogP contribution in [0.5, 0.6) is 0 Å². The molecule has 0 aromatic carbocycles. The lowest BCUT2D eigenvalue weighted by molar-refractivity contribution is -0.131. The molecular weight excluding hydrogens is 256 g/mol. The van der Waals surface area contributed by atoms with Gasteiger partial charge in [-0.25, -0.2) is 0 Å². The van der Waals surface area contributed by atoms with Crippen molar-refractivity contribution < 1.29 is 4.79 Å². The fraction of sp³-hybridized carbons (Fsp3) is 0.533. The van der Waals surface area contributed by atoms with Gasteiger partial charge in [-0.15, -0.1) is 17.9 Å². The Morgan fingerprint density at radius 2 is 2.53 bits per heavy atom. The molecule has 2 heterocycles. The van der Waals surface area contributed by atoms with Crippen molar-refractivity contribution in [3.8, 4) is 0 Å². The van der Waals surface area contributed by atoms with Gasteiger partial charge in [0.05, 0.1) is 6.04 Å². The summed E-state index contributed by atoms with van der Waals surface area (Å²) in [6, 6.07) is 4.76. The van der Waals surface area contributed by atoms with Gasteiger partial charge in [-0.2, -0.15) is 0 Å². The zero-order valence-corrected chi connectivity index (χ0v) is 12.3. The number of rotatable bonds is 7. The third-order valence-corrected chi connectivity index (χ3v) is 4.73. The Hall–Kier alpha value is -1.13. The smallest absolute Gasteiger partial charge is 0.223 e. The van der Waals surface area contributed by atoms with Crippen LogP contribution >= 0.6 is 11.3 Å². The number of carbonyl (C=O) groups is 1. The highest BCUT2D eigenvalue weighted by molar-refractivity contribution is 7.10. The van der Waals surface area contributed by atoms with Crippen molar-refractivity contribution in [3.05, 3.63) is 35.0 Å². The Morgan fingerprint density at radius 1 is 1.68 bits per heavy atom. The molecule has 19 heavy (non-hydrogen) atoms. The molecule has 0 unspecified atom stereocenters. The quantitative estimate of drug-likeness (QED) is 0.614. The molecule has 2 rings (SSSR count). The average Bonchev–Trinajstić information content (AvgIpc) is 3.04. The van der Waals surface area contributed by atoms with Crippen molar-refractivity contribution >= 4 is 17.2 Å². The molecule has 1 amide bonds. The maximum Gasteiger partial charge on any atom is 0.223 e. The molecule has 1 aliphatic rings. The second-order valence-electron chi connectivity index (χ2n) is 4.97. The van der Waals surface area contributed by atoms with Crippen LogP contribution in [0.25, 0.3) is 0 Å². The van der Waals surface area contributed by atoms with Gasteiger partial charge < -0.3 is 10.2 Å². The van der Waals surface area contributed by atoms with Gasteiger partial charge >= 0.3 is 0 Å². The van der Waals surface area contributed by atoms with E-state index in [4.69, 9.17) is 0 Å². The fourth-order valence-corrected chi connectivity index (χ4v) is 3.50. The van der Waals surface area contributed by atoms with E-state index >= 15 is 0 Å². The molecule has 0 aliphatic carbocycles. The first-order chi connectivity index (χ1) is 9.24.